The van der Waals surface area contributed by atoms with Gasteiger partial charge in [0.1, 0.15) is 5.82 Å². The SMILES string of the molecule is O=C(NCCc1ccc(F)cc1)NCC1CCCCC1. The van der Waals surface area contributed by atoms with Gasteiger partial charge in [0.2, 0.25) is 0 Å². The van der Waals surface area contributed by atoms with E-state index in [4.69, 9.17) is 0 Å². The maximum Gasteiger partial charge on any atom is 0.314 e. The summed E-state index contributed by atoms with van der Waals surface area (Å²) in [6, 6.07) is 6.28. The molecule has 0 atom stereocenters. The van der Waals surface area contributed by atoms with E-state index in [2.05, 4.69) is 10.6 Å². The molecule has 2 N–H and O–H groups in total. The average molecular weight is 278 g/mol. The van der Waals surface area contributed by atoms with E-state index in [1.807, 2.05) is 0 Å². The van der Waals surface area contributed by atoms with E-state index >= 15 is 0 Å². The maximum absolute atomic E-state index is 12.7. The van der Waals surface area contributed by atoms with Gasteiger partial charge in [0, 0.05) is 13.1 Å². The number of urea groups is 1. The lowest BCUT2D eigenvalue weighted by atomic mass is 9.89. The summed E-state index contributed by atoms with van der Waals surface area (Å²) in [6.45, 7) is 1.35. The van der Waals surface area contributed by atoms with Crippen LogP contribution in [-0.4, -0.2) is 19.1 Å². The van der Waals surface area contributed by atoms with Crippen molar-refractivity contribution < 1.29 is 9.18 Å². The van der Waals surface area contributed by atoms with Gasteiger partial charge >= 0.3 is 6.03 Å². The summed E-state index contributed by atoms with van der Waals surface area (Å²) < 4.78 is 12.7. The molecule has 1 aliphatic rings. The third-order valence-corrected chi connectivity index (χ3v) is 3.89. The van der Waals surface area contributed by atoms with Crippen LogP contribution in [0.5, 0.6) is 0 Å². The highest BCUT2D eigenvalue weighted by atomic mass is 19.1. The fourth-order valence-electron chi connectivity index (χ4n) is 2.66. The predicted octanol–water partition coefficient (Wildman–Crippen LogP) is 3.25. The van der Waals surface area contributed by atoms with E-state index in [1.165, 1.54) is 44.2 Å². The smallest absolute Gasteiger partial charge is 0.314 e. The Morgan fingerprint density at radius 2 is 1.80 bits per heavy atom. The molecule has 1 fully saturated rings. The molecule has 4 heteroatoms. The fraction of sp³-hybridized carbons (Fsp3) is 0.562. The molecule has 1 aliphatic carbocycles. The Balaban J connectivity index is 1.58. The first-order valence-corrected chi connectivity index (χ1v) is 7.50. The van der Waals surface area contributed by atoms with Crippen LogP contribution in [0.3, 0.4) is 0 Å². The van der Waals surface area contributed by atoms with Gasteiger partial charge < -0.3 is 10.6 Å². The molecule has 0 spiro atoms. The van der Waals surface area contributed by atoms with Crippen molar-refractivity contribution in [3.05, 3.63) is 35.6 Å². The second kappa shape index (κ2) is 7.88. The largest absolute Gasteiger partial charge is 0.338 e. The molecular weight excluding hydrogens is 255 g/mol. The van der Waals surface area contributed by atoms with Crippen molar-refractivity contribution in [2.24, 2.45) is 5.92 Å². The highest BCUT2D eigenvalue weighted by Crippen LogP contribution is 2.22. The number of rotatable bonds is 5. The third-order valence-electron chi connectivity index (χ3n) is 3.89. The van der Waals surface area contributed by atoms with Crippen LogP contribution in [0.1, 0.15) is 37.7 Å². The number of hydrogen-bond acceptors (Lipinski definition) is 1. The predicted molar refractivity (Wildman–Crippen MR) is 78.1 cm³/mol. The van der Waals surface area contributed by atoms with Crippen LogP contribution in [0.25, 0.3) is 0 Å². The van der Waals surface area contributed by atoms with Crippen LogP contribution in [0.2, 0.25) is 0 Å². The number of amides is 2. The summed E-state index contributed by atoms with van der Waals surface area (Å²) in [6.07, 6.45) is 7.10. The summed E-state index contributed by atoms with van der Waals surface area (Å²) in [5, 5.41) is 5.78. The molecule has 2 rings (SSSR count). The van der Waals surface area contributed by atoms with E-state index in [0.29, 0.717) is 12.5 Å². The Labute approximate surface area is 120 Å². The molecule has 1 saturated carbocycles. The molecule has 0 saturated heterocycles. The van der Waals surface area contributed by atoms with Crippen LogP contribution in [0.4, 0.5) is 9.18 Å². The van der Waals surface area contributed by atoms with Gasteiger partial charge in [0.25, 0.3) is 0 Å². The summed E-state index contributed by atoms with van der Waals surface area (Å²) in [5.74, 6) is 0.415. The lowest BCUT2D eigenvalue weighted by molar-refractivity contribution is 0.236. The highest BCUT2D eigenvalue weighted by Gasteiger charge is 2.13. The Morgan fingerprint density at radius 3 is 2.50 bits per heavy atom. The number of hydrogen-bond donors (Lipinski definition) is 2. The van der Waals surface area contributed by atoms with Gasteiger partial charge in [-0.2, -0.15) is 0 Å². The molecule has 0 unspecified atom stereocenters. The quantitative estimate of drug-likeness (QED) is 0.853. The first-order chi connectivity index (χ1) is 9.74. The maximum atomic E-state index is 12.7. The number of halogens is 1. The first kappa shape index (κ1) is 14.8. The standard InChI is InChI=1S/C16H23FN2O/c17-15-8-6-13(7-9-15)10-11-18-16(20)19-12-14-4-2-1-3-5-14/h6-9,14H,1-5,10-12H2,(H2,18,19,20). The zero-order chi connectivity index (χ0) is 14.2. The van der Waals surface area contributed by atoms with Crippen molar-refractivity contribution in [1.82, 2.24) is 10.6 Å². The van der Waals surface area contributed by atoms with Gasteiger partial charge in [-0.1, -0.05) is 31.4 Å². The van der Waals surface area contributed by atoms with E-state index in [-0.39, 0.29) is 11.8 Å². The number of carbonyl (C=O) groups is 1. The minimum absolute atomic E-state index is 0.0994. The Hall–Kier alpha value is -1.58. The Morgan fingerprint density at radius 1 is 1.10 bits per heavy atom. The van der Waals surface area contributed by atoms with Crippen molar-refractivity contribution in [2.45, 2.75) is 38.5 Å². The second-order valence-electron chi connectivity index (χ2n) is 5.52. The van der Waals surface area contributed by atoms with Crippen LogP contribution in [0, 0.1) is 11.7 Å². The molecule has 3 nitrogen and oxygen atoms in total. The summed E-state index contributed by atoms with van der Waals surface area (Å²) >= 11 is 0. The van der Waals surface area contributed by atoms with Crippen molar-refractivity contribution in [2.75, 3.05) is 13.1 Å². The fourth-order valence-corrected chi connectivity index (χ4v) is 2.66. The van der Waals surface area contributed by atoms with E-state index < -0.39 is 0 Å². The first-order valence-electron chi connectivity index (χ1n) is 7.50. The Kier molecular flexibility index (Phi) is 5.84. The second-order valence-corrected chi connectivity index (χ2v) is 5.52. The van der Waals surface area contributed by atoms with Gasteiger partial charge in [-0.3, -0.25) is 0 Å². The van der Waals surface area contributed by atoms with Crippen molar-refractivity contribution in [3.8, 4) is 0 Å². The normalized spacial score (nSPS) is 15.8. The Bertz CT molecular complexity index is 413. The number of nitrogens with one attached hydrogen (secondary N) is 2. The monoisotopic (exact) mass is 278 g/mol. The molecule has 0 aliphatic heterocycles. The average Bonchev–Trinajstić information content (AvgIpc) is 2.48. The zero-order valence-electron chi connectivity index (χ0n) is 11.8. The third kappa shape index (κ3) is 5.19. The molecule has 1 aromatic rings. The molecule has 1 aromatic carbocycles. The lowest BCUT2D eigenvalue weighted by Crippen LogP contribution is -2.39. The molecule has 0 bridgehead atoms. The van der Waals surface area contributed by atoms with Gasteiger partial charge in [-0.05, 0) is 42.9 Å². The molecule has 20 heavy (non-hydrogen) atoms. The molecule has 0 radical (unpaired) electrons. The van der Waals surface area contributed by atoms with Gasteiger partial charge in [0.15, 0.2) is 0 Å². The van der Waals surface area contributed by atoms with Crippen LogP contribution in [-0.2, 0) is 6.42 Å². The topological polar surface area (TPSA) is 41.1 Å². The van der Waals surface area contributed by atoms with E-state index in [9.17, 15) is 9.18 Å². The van der Waals surface area contributed by atoms with Crippen molar-refractivity contribution >= 4 is 6.03 Å². The number of benzene rings is 1. The van der Waals surface area contributed by atoms with Crippen LogP contribution in [0.15, 0.2) is 24.3 Å². The van der Waals surface area contributed by atoms with Crippen molar-refractivity contribution in [3.63, 3.8) is 0 Å². The molecule has 0 aromatic heterocycles. The summed E-state index contributed by atoms with van der Waals surface area (Å²) in [5.41, 5.74) is 1.03. The molecular formula is C16H23FN2O. The van der Waals surface area contributed by atoms with E-state index in [1.54, 1.807) is 12.1 Å². The molecule has 2 amide bonds. The van der Waals surface area contributed by atoms with Gasteiger partial charge in [-0.15, -0.1) is 0 Å². The van der Waals surface area contributed by atoms with Crippen LogP contribution < -0.4 is 10.6 Å². The lowest BCUT2D eigenvalue weighted by Gasteiger charge is -2.21. The zero-order valence-corrected chi connectivity index (χ0v) is 11.8. The summed E-state index contributed by atoms with van der Waals surface area (Å²) in [7, 11) is 0. The van der Waals surface area contributed by atoms with Crippen LogP contribution >= 0.6 is 0 Å². The van der Waals surface area contributed by atoms with Gasteiger partial charge in [0.05, 0.1) is 0 Å². The minimum Gasteiger partial charge on any atom is -0.338 e. The minimum atomic E-state index is -0.230. The highest BCUT2D eigenvalue weighted by molar-refractivity contribution is 5.73. The molecule has 0 heterocycles. The van der Waals surface area contributed by atoms with E-state index in [0.717, 1.165) is 18.5 Å². The van der Waals surface area contributed by atoms with Gasteiger partial charge in [-0.25, -0.2) is 9.18 Å². The number of carbonyl (C=O) groups excluding carboxylic acids is 1. The molecule has 110 valence electrons. The summed E-state index contributed by atoms with van der Waals surface area (Å²) in [4.78, 5) is 11.6. The van der Waals surface area contributed by atoms with Crippen molar-refractivity contribution in [1.29, 1.82) is 0 Å².